The van der Waals surface area contributed by atoms with Crippen LogP contribution in [-0.4, -0.2) is 10.2 Å². The van der Waals surface area contributed by atoms with Crippen molar-refractivity contribution in [1.82, 2.24) is 0 Å². The number of benzene rings is 2. The maximum atomic E-state index is 13.9. The van der Waals surface area contributed by atoms with Gasteiger partial charge in [-0.15, -0.1) is 0 Å². The van der Waals surface area contributed by atoms with Gasteiger partial charge < -0.3 is 0 Å². The molecule has 1 aliphatic heterocycles. The van der Waals surface area contributed by atoms with Crippen molar-refractivity contribution in [1.29, 1.82) is 0 Å². The molecule has 1 saturated heterocycles. The van der Waals surface area contributed by atoms with Gasteiger partial charge in [-0.25, -0.2) is 8.78 Å². The summed E-state index contributed by atoms with van der Waals surface area (Å²) in [4.78, 5) is 13.9. The molecule has 2 aromatic rings. The number of anilines is 1. The van der Waals surface area contributed by atoms with E-state index >= 15 is 0 Å². The van der Waals surface area contributed by atoms with Crippen molar-refractivity contribution in [2.24, 2.45) is 0 Å². The third-order valence-corrected chi connectivity index (χ3v) is 4.93. The van der Waals surface area contributed by atoms with E-state index in [2.05, 4.69) is 15.9 Å². The zero-order chi connectivity index (χ0) is 16.6. The van der Waals surface area contributed by atoms with Gasteiger partial charge in [0.15, 0.2) is 4.32 Å². The van der Waals surface area contributed by atoms with Crippen LogP contribution in [0.1, 0.15) is 5.56 Å². The van der Waals surface area contributed by atoms with E-state index in [4.69, 9.17) is 12.2 Å². The standard InChI is InChI=1S/C16H8BrF2NOS2/c17-10-5-6-11(18)9(7-10)8-14-15(21)20(16(22)23-14)13-4-2-1-3-12(13)19/h1-8H/b14-8-. The topological polar surface area (TPSA) is 20.3 Å². The molecule has 0 spiro atoms. The van der Waals surface area contributed by atoms with Gasteiger partial charge in [0.25, 0.3) is 5.91 Å². The number of carbonyl (C=O) groups excluding carboxylic acids is 1. The first-order valence-electron chi connectivity index (χ1n) is 6.45. The molecule has 0 aliphatic carbocycles. The predicted octanol–water partition coefficient (Wildman–Crippen LogP) is 5.13. The SMILES string of the molecule is O=C1/C(=C/c2cc(Br)ccc2F)SC(=S)N1c1ccccc1F. The highest BCUT2D eigenvalue weighted by Crippen LogP contribution is 2.37. The molecule has 23 heavy (non-hydrogen) atoms. The van der Waals surface area contributed by atoms with Gasteiger partial charge in [-0.2, -0.15) is 0 Å². The molecule has 0 radical (unpaired) electrons. The summed E-state index contributed by atoms with van der Waals surface area (Å²) in [7, 11) is 0. The zero-order valence-electron chi connectivity index (χ0n) is 11.4. The van der Waals surface area contributed by atoms with Crippen LogP contribution in [0.2, 0.25) is 0 Å². The van der Waals surface area contributed by atoms with Crippen LogP contribution in [-0.2, 0) is 4.79 Å². The number of halogens is 3. The summed E-state index contributed by atoms with van der Waals surface area (Å²) in [5.74, 6) is -1.47. The molecule has 1 heterocycles. The normalized spacial score (nSPS) is 16.5. The van der Waals surface area contributed by atoms with Gasteiger partial charge in [-0.05, 0) is 36.4 Å². The summed E-state index contributed by atoms with van der Waals surface area (Å²) >= 11 is 9.44. The molecule has 0 aromatic heterocycles. The molecule has 7 heteroatoms. The Morgan fingerprint density at radius 2 is 1.87 bits per heavy atom. The highest BCUT2D eigenvalue weighted by molar-refractivity contribution is 9.10. The van der Waals surface area contributed by atoms with Crippen molar-refractivity contribution >= 4 is 61.9 Å². The molecule has 0 unspecified atom stereocenters. The van der Waals surface area contributed by atoms with Crippen LogP contribution in [0.25, 0.3) is 6.08 Å². The molecule has 0 bridgehead atoms. The van der Waals surface area contributed by atoms with E-state index < -0.39 is 17.5 Å². The highest BCUT2D eigenvalue weighted by atomic mass is 79.9. The molecule has 116 valence electrons. The molecule has 0 atom stereocenters. The number of hydrogen-bond acceptors (Lipinski definition) is 3. The fraction of sp³-hybridized carbons (Fsp3) is 0. The Hall–Kier alpha value is -1.57. The molecule has 0 saturated carbocycles. The zero-order valence-corrected chi connectivity index (χ0v) is 14.6. The minimum Gasteiger partial charge on any atom is -0.268 e. The van der Waals surface area contributed by atoms with E-state index in [-0.39, 0.29) is 20.5 Å². The Morgan fingerprint density at radius 3 is 2.61 bits per heavy atom. The lowest BCUT2D eigenvalue weighted by atomic mass is 10.2. The van der Waals surface area contributed by atoms with Crippen molar-refractivity contribution in [3.63, 3.8) is 0 Å². The molecule has 3 rings (SSSR count). The second-order valence-corrected chi connectivity index (χ2v) is 7.23. The van der Waals surface area contributed by atoms with Crippen molar-refractivity contribution < 1.29 is 13.6 Å². The highest BCUT2D eigenvalue weighted by Gasteiger charge is 2.34. The summed E-state index contributed by atoms with van der Waals surface area (Å²) < 4.78 is 28.6. The number of thiocarbonyl (C=S) groups is 1. The molecule has 2 aromatic carbocycles. The third-order valence-electron chi connectivity index (χ3n) is 3.13. The molecule has 1 amide bonds. The number of nitrogens with zero attached hydrogens (tertiary/aromatic N) is 1. The van der Waals surface area contributed by atoms with E-state index in [1.807, 2.05) is 0 Å². The Morgan fingerprint density at radius 1 is 1.13 bits per heavy atom. The van der Waals surface area contributed by atoms with Gasteiger partial charge in [0.2, 0.25) is 0 Å². The molecule has 2 nitrogen and oxygen atoms in total. The Labute approximate surface area is 149 Å². The van der Waals surface area contributed by atoms with E-state index in [9.17, 15) is 13.6 Å². The maximum Gasteiger partial charge on any atom is 0.270 e. The Bertz CT molecular complexity index is 854. The summed E-state index contributed by atoms with van der Waals surface area (Å²) in [6.45, 7) is 0. The second-order valence-electron chi connectivity index (χ2n) is 4.63. The van der Waals surface area contributed by atoms with Gasteiger partial charge in [0.1, 0.15) is 11.6 Å². The summed E-state index contributed by atoms with van der Waals surface area (Å²) in [6.07, 6.45) is 1.42. The first kappa shape index (κ1) is 16.3. The number of hydrogen-bond donors (Lipinski definition) is 0. The summed E-state index contributed by atoms with van der Waals surface area (Å²) in [5.41, 5.74) is 0.349. The van der Waals surface area contributed by atoms with E-state index in [1.54, 1.807) is 18.2 Å². The van der Waals surface area contributed by atoms with Crippen LogP contribution in [0.3, 0.4) is 0 Å². The van der Waals surface area contributed by atoms with E-state index in [0.29, 0.717) is 4.47 Å². The monoisotopic (exact) mass is 411 g/mol. The van der Waals surface area contributed by atoms with Crippen molar-refractivity contribution in [2.75, 3.05) is 4.90 Å². The van der Waals surface area contributed by atoms with Gasteiger partial charge in [0.05, 0.1) is 10.6 Å². The Balaban J connectivity index is 2.00. The third kappa shape index (κ3) is 3.22. The first-order chi connectivity index (χ1) is 11.0. The van der Waals surface area contributed by atoms with Crippen LogP contribution in [0.4, 0.5) is 14.5 Å². The van der Waals surface area contributed by atoms with Crippen LogP contribution in [0, 0.1) is 11.6 Å². The van der Waals surface area contributed by atoms with Gasteiger partial charge in [0, 0.05) is 10.0 Å². The van der Waals surface area contributed by atoms with E-state index in [0.717, 1.165) is 16.7 Å². The average molecular weight is 412 g/mol. The van der Waals surface area contributed by atoms with E-state index in [1.165, 1.54) is 30.3 Å². The number of thioether (sulfide) groups is 1. The minimum absolute atomic E-state index is 0.0908. The smallest absolute Gasteiger partial charge is 0.268 e. The fourth-order valence-corrected chi connectivity index (χ4v) is 3.73. The minimum atomic E-state index is -0.543. The molecule has 1 aliphatic rings. The first-order valence-corrected chi connectivity index (χ1v) is 8.46. The van der Waals surface area contributed by atoms with Crippen LogP contribution in [0.15, 0.2) is 51.8 Å². The quantitative estimate of drug-likeness (QED) is 0.504. The number of carbonyl (C=O) groups is 1. The van der Waals surface area contributed by atoms with Gasteiger partial charge >= 0.3 is 0 Å². The van der Waals surface area contributed by atoms with Crippen LogP contribution < -0.4 is 4.90 Å². The van der Waals surface area contributed by atoms with Crippen molar-refractivity contribution in [3.8, 4) is 0 Å². The number of amides is 1. The number of para-hydroxylation sites is 1. The summed E-state index contributed by atoms with van der Waals surface area (Å²) in [5, 5.41) is 0. The lowest BCUT2D eigenvalue weighted by Crippen LogP contribution is -2.28. The molecule has 0 N–H and O–H groups in total. The van der Waals surface area contributed by atoms with Crippen LogP contribution in [0.5, 0.6) is 0 Å². The largest absolute Gasteiger partial charge is 0.270 e. The fourth-order valence-electron chi connectivity index (χ4n) is 2.07. The lowest BCUT2D eigenvalue weighted by molar-refractivity contribution is -0.113. The average Bonchev–Trinajstić information content (AvgIpc) is 2.78. The van der Waals surface area contributed by atoms with Crippen molar-refractivity contribution in [2.45, 2.75) is 0 Å². The second kappa shape index (κ2) is 6.51. The van der Waals surface area contributed by atoms with Gasteiger partial charge in [-0.3, -0.25) is 9.69 Å². The molecule has 1 fully saturated rings. The number of rotatable bonds is 2. The molecular formula is C16H8BrF2NOS2. The lowest BCUT2D eigenvalue weighted by Gasteiger charge is -2.14. The predicted molar refractivity (Wildman–Crippen MR) is 96.2 cm³/mol. The molecular weight excluding hydrogens is 404 g/mol. The maximum absolute atomic E-state index is 13.9. The van der Waals surface area contributed by atoms with Crippen molar-refractivity contribution in [3.05, 3.63) is 69.0 Å². The summed E-state index contributed by atoms with van der Waals surface area (Å²) in [6, 6.07) is 10.3. The van der Waals surface area contributed by atoms with Crippen LogP contribution >= 0.6 is 39.9 Å². The Kier molecular flexibility index (Phi) is 4.61. The van der Waals surface area contributed by atoms with Gasteiger partial charge in [-0.1, -0.05) is 52.0 Å².